The molecule has 8 heteroatoms. The van der Waals surface area contributed by atoms with E-state index in [4.69, 9.17) is 13.7 Å². The van der Waals surface area contributed by atoms with Gasteiger partial charge in [-0.3, -0.25) is 9.78 Å². The maximum Gasteiger partial charge on any atom is 0.259 e. The molecule has 0 N–H and O–H groups in total. The van der Waals surface area contributed by atoms with E-state index < -0.39 is 0 Å². The summed E-state index contributed by atoms with van der Waals surface area (Å²) in [7, 11) is 0. The summed E-state index contributed by atoms with van der Waals surface area (Å²) in [6, 6.07) is 7.58. The first-order valence-electron chi connectivity index (χ1n) is 11.1. The van der Waals surface area contributed by atoms with E-state index in [1.54, 1.807) is 12.4 Å². The van der Waals surface area contributed by atoms with E-state index in [-0.39, 0.29) is 12.0 Å². The monoisotopic (exact) mass is 446 g/mol. The maximum atomic E-state index is 14.0. The van der Waals surface area contributed by atoms with E-state index in [2.05, 4.69) is 15.1 Å². The molecule has 1 aliphatic rings. The molecule has 0 aliphatic carbocycles. The van der Waals surface area contributed by atoms with Crippen molar-refractivity contribution in [3.05, 3.63) is 65.0 Å². The molecule has 1 amide bonds. The van der Waals surface area contributed by atoms with Gasteiger partial charge in [-0.25, -0.2) is 4.98 Å². The number of furan rings is 1. The Bertz CT molecular complexity index is 1290. The van der Waals surface area contributed by atoms with Crippen LogP contribution in [0.5, 0.6) is 0 Å². The van der Waals surface area contributed by atoms with Crippen LogP contribution in [0.1, 0.15) is 46.0 Å². The van der Waals surface area contributed by atoms with Crippen LogP contribution in [-0.2, 0) is 11.3 Å². The Labute approximate surface area is 191 Å². The van der Waals surface area contributed by atoms with E-state index in [1.807, 2.05) is 49.9 Å². The molecule has 0 radical (unpaired) electrons. The Hall–Kier alpha value is -3.52. The number of hydrogen-bond acceptors (Lipinski definition) is 7. The first-order chi connectivity index (χ1) is 16.0. The van der Waals surface area contributed by atoms with E-state index in [9.17, 15) is 4.79 Å². The topological polar surface area (TPSA) is 94.5 Å². The molecule has 1 fully saturated rings. The molecule has 0 unspecified atom stereocenters. The summed E-state index contributed by atoms with van der Waals surface area (Å²) in [5, 5.41) is 4.71. The molecule has 1 atom stereocenters. The molecule has 8 nitrogen and oxygen atoms in total. The molecular weight excluding hydrogens is 420 g/mol. The lowest BCUT2D eigenvalue weighted by Gasteiger charge is -2.26. The summed E-state index contributed by atoms with van der Waals surface area (Å²) in [6.07, 6.45) is 5.47. The van der Waals surface area contributed by atoms with Crippen molar-refractivity contribution in [2.45, 2.75) is 46.3 Å². The van der Waals surface area contributed by atoms with E-state index in [0.29, 0.717) is 41.1 Å². The van der Waals surface area contributed by atoms with Crippen LogP contribution in [0.25, 0.3) is 22.4 Å². The zero-order chi connectivity index (χ0) is 22.9. The van der Waals surface area contributed by atoms with Crippen molar-refractivity contribution in [2.75, 3.05) is 13.2 Å². The molecule has 5 heterocycles. The maximum absolute atomic E-state index is 14.0. The number of ether oxygens (including phenoxy) is 1. The first kappa shape index (κ1) is 21.3. The summed E-state index contributed by atoms with van der Waals surface area (Å²) in [5.74, 6) is 1.40. The van der Waals surface area contributed by atoms with Crippen molar-refractivity contribution in [2.24, 2.45) is 0 Å². The Kier molecular flexibility index (Phi) is 5.68. The van der Waals surface area contributed by atoms with Crippen molar-refractivity contribution in [3.63, 3.8) is 0 Å². The lowest BCUT2D eigenvalue weighted by molar-refractivity contribution is 0.0508. The molecule has 0 spiro atoms. The Morgan fingerprint density at radius 1 is 1.24 bits per heavy atom. The molecule has 5 rings (SSSR count). The second-order valence-corrected chi connectivity index (χ2v) is 8.51. The number of carbonyl (C=O) groups excluding carboxylic acids is 1. The number of fused-ring (bicyclic) bond motifs is 1. The van der Waals surface area contributed by atoms with Crippen LogP contribution >= 0.6 is 0 Å². The highest BCUT2D eigenvalue weighted by molar-refractivity contribution is 6.07. The largest absolute Gasteiger partial charge is 0.466 e. The average Bonchev–Trinajstić information content (AvgIpc) is 3.54. The summed E-state index contributed by atoms with van der Waals surface area (Å²) in [4.78, 5) is 24.7. The quantitative estimate of drug-likeness (QED) is 0.426. The zero-order valence-electron chi connectivity index (χ0n) is 19.0. The van der Waals surface area contributed by atoms with E-state index >= 15 is 0 Å². The van der Waals surface area contributed by atoms with Crippen LogP contribution < -0.4 is 0 Å². The zero-order valence-corrected chi connectivity index (χ0v) is 19.0. The van der Waals surface area contributed by atoms with Gasteiger partial charge in [-0.2, -0.15) is 0 Å². The molecule has 0 aromatic carbocycles. The van der Waals surface area contributed by atoms with Gasteiger partial charge in [-0.15, -0.1) is 0 Å². The predicted molar refractivity (Wildman–Crippen MR) is 122 cm³/mol. The minimum Gasteiger partial charge on any atom is -0.466 e. The van der Waals surface area contributed by atoms with Gasteiger partial charge in [0.2, 0.25) is 0 Å². The number of hydrogen-bond donors (Lipinski definition) is 0. The molecule has 1 saturated heterocycles. The van der Waals surface area contributed by atoms with Gasteiger partial charge in [0.05, 0.1) is 28.4 Å². The molecule has 0 bridgehead atoms. The standard InChI is InChI=1S/C25H26N4O4/c1-15-10-20(17(3)32-15)22-11-21(23-16(2)28-33-24(23)27-22)25(30)29(14-19-7-5-9-31-19)13-18-6-4-8-26-12-18/h4,6,8,10-12,19H,5,7,9,13-14H2,1-3H3/t19-/m1/s1. The smallest absolute Gasteiger partial charge is 0.259 e. The Morgan fingerprint density at radius 3 is 2.82 bits per heavy atom. The van der Waals surface area contributed by atoms with Gasteiger partial charge in [0.25, 0.3) is 11.6 Å². The highest BCUT2D eigenvalue weighted by Gasteiger charge is 2.28. The van der Waals surface area contributed by atoms with Crippen LogP contribution in [-0.4, -0.2) is 45.2 Å². The second-order valence-electron chi connectivity index (χ2n) is 8.51. The summed E-state index contributed by atoms with van der Waals surface area (Å²) in [6.45, 7) is 7.25. The second kappa shape index (κ2) is 8.78. The van der Waals surface area contributed by atoms with Crippen LogP contribution in [0.4, 0.5) is 0 Å². The fourth-order valence-electron chi connectivity index (χ4n) is 4.42. The number of nitrogens with zero attached hydrogens (tertiary/aromatic N) is 4. The van der Waals surface area contributed by atoms with Gasteiger partial charge in [0.15, 0.2) is 0 Å². The lowest BCUT2D eigenvalue weighted by Crippen LogP contribution is -2.37. The minimum atomic E-state index is -0.118. The van der Waals surface area contributed by atoms with Crippen LogP contribution in [0.15, 0.2) is 45.6 Å². The number of rotatable bonds is 6. The summed E-state index contributed by atoms with van der Waals surface area (Å²) >= 11 is 0. The Balaban J connectivity index is 1.59. The normalized spacial score (nSPS) is 15.9. The van der Waals surface area contributed by atoms with Gasteiger partial charge in [-0.1, -0.05) is 11.2 Å². The fourth-order valence-corrected chi connectivity index (χ4v) is 4.42. The number of pyridine rings is 2. The number of aryl methyl sites for hydroxylation is 3. The minimum absolute atomic E-state index is 0.0183. The number of amides is 1. The molecule has 4 aromatic rings. The lowest BCUT2D eigenvalue weighted by atomic mass is 10.0. The average molecular weight is 447 g/mol. The molecule has 0 saturated carbocycles. The van der Waals surface area contributed by atoms with Crippen molar-refractivity contribution in [3.8, 4) is 11.3 Å². The highest BCUT2D eigenvalue weighted by Crippen LogP contribution is 2.31. The predicted octanol–water partition coefficient (Wildman–Crippen LogP) is 4.62. The summed E-state index contributed by atoms with van der Waals surface area (Å²) in [5.41, 5.74) is 3.88. The first-order valence-corrected chi connectivity index (χ1v) is 11.1. The van der Waals surface area contributed by atoms with Gasteiger partial charge < -0.3 is 18.6 Å². The fraction of sp³-hybridized carbons (Fsp3) is 0.360. The van der Waals surface area contributed by atoms with Gasteiger partial charge in [-0.05, 0) is 57.4 Å². The molecular formula is C25H26N4O4. The van der Waals surface area contributed by atoms with E-state index in [0.717, 1.165) is 42.1 Å². The van der Waals surface area contributed by atoms with Crippen LogP contribution in [0.2, 0.25) is 0 Å². The SMILES string of the molecule is Cc1cc(-c2cc(C(=O)N(Cc3cccnc3)C[C@H]3CCCO3)c3c(C)noc3n2)c(C)o1. The third kappa shape index (κ3) is 4.26. The van der Waals surface area contributed by atoms with Gasteiger partial charge >= 0.3 is 0 Å². The van der Waals surface area contributed by atoms with Crippen LogP contribution in [0.3, 0.4) is 0 Å². The van der Waals surface area contributed by atoms with Gasteiger partial charge in [0, 0.05) is 37.7 Å². The molecule has 4 aromatic heterocycles. The van der Waals surface area contributed by atoms with Crippen molar-refractivity contribution < 1.29 is 18.5 Å². The highest BCUT2D eigenvalue weighted by atomic mass is 16.5. The summed E-state index contributed by atoms with van der Waals surface area (Å²) < 4.78 is 17.0. The van der Waals surface area contributed by atoms with Crippen molar-refractivity contribution in [1.29, 1.82) is 0 Å². The third-order valence-corrected chi connectivity index (χ3v) is 6.00. The number of carbonyl (C=O) groups is 1. The van der Waals surface area contributed by atoms with Crippen LogP contribution in [0, 0.1) is 20.8 Å². The van der Waals surface area contributed by atoms with E-state index in [1.165, 1.54) is 0 Å². The molecule has 33 heavy (non-hydrogen) atoms. The Morgan fingerprint density at radius 2 is 2.12 bits per heavy atom. The molecule has 170 valence electrons. The van der Waals surface area contributed by atoms with Crippen molar-refractivity contribution >= 4 is 17.0 Å². The molecule has 1 aliphatic heterocycles. The number of aromatic nitrogens is 3. The van der Waals surface area contributed by atoms with Crippen molar-refractivity contribution in [1.82, 2.24) is 20.0 Å². The third-order valence-electron chi connectivity index (χ3n) is 6.00. The van der Waals surface area contributed by atoms with Gasteiger partial charge in [0.1, 0.15) is 11.5 Å².